The maximum atomic E-state index is 12.0. The Morgan fingerprint density at radius 1 is 1.04 bits per heavy atom. The van der Waals surface area contributed by atoms with Crippen LogP contribution in [0.5, 0.6) is 11.5 Å². The Hall–Kier alpha value is -2.32. The van der Waals surface area contributed by atoms with E-state index in [4.69, 9.17) is 9.47 Å². The average Bonchev–Trinajstić information content (AvgIpc) is 3.30. The monoisotopic (exact) mass is 360 g/mol. The van der Waals surface area contributed by atoms with Crippen molar-refractivity contribution >= 4 is 11.9 Å². The van der Waals surface area contributed by atoms with Crippen LogP contribution in [0.2, 0.25) is 0 Å². The lowest BCUT2D eigenvalue weighted by Crippen LogP contribution is -2.50. The van der Waals surface area contributed by atoms with Crippen molar-refractivity contribution in [3.05, 3.63) is 23.8 Å². The Kier molecular flexibility index (Phi) is 4.94. The van der Waals surface area contributed by atoms with E-state index in [1.165, 1.54) is 5.56 Å². The number of hydrogen-bond donors (Lipinski definition) is 2. The number of nitrogens with zero attached hydrogens (tertiary/aromatic N) is 2. The number of rotatable bonds is 5. The first-order valence-electron chi connectivity index (χ1n) is 9.09. The van der Waals surface area contributed by atoms with Crippen molar-refractivity contribution in [2.45, 2.75) is 25.4 Å². The minimum Gasteiger partial charge on any atom is -0.454 e. The number of imide groups is 1. The van der Waals surface area contributed by atoms with Gasteiger partial charge in [-0.3, -0.25) is 19.9 Å². The number of benzene rings is 1. The van der Waals surface area contributed by atoms with Crippen molar-refractivity contribution in [2.75, 3.05) is 39.5 Å². The van der Waals surface area contributed by atoms with Gasteiger partial charge in [-0.1, -0.05) is 6.07 Å². The maximum Gasteiger partial charge on any atom is 0.321 e. The summed E-state index contributed by atoms with van der Waals surface area (Å²) in [6.07, 6.45) is 2.01. The first-order chi connectivity index (χ1) is 12.7. The van der Waals surface area contributed by atoms with Crippen LogP contribution in [-0.2, 0) is 11.3 Å². The second-order valence-corrected chi connectivity index (χ2v) is 7.04. The number of carbonyl (C=O) groups is 2. The number of hydrogen-bond acceptors (Lipinski definition) is 6. The molecule has 8 nitrogen and oxygen atoms in total. The summed E-state index contributed by atoms with van der Waals surface area (Å²) in [5.41, 5.74) is 1.19. The molecule has 2 N–H and O–H groups in total. The maximum absolute atomic E-state index is 12.0. The molecule has 1 saturated heterocycles. The molecule has 8 heteroatoms. The van der Waals surface area contributed by atoms with Gasteiger partial charge in [-0.15, -0.1) is 0 Å². The zero-order valence-corrected chi connectivity index (χ0v) is 14.7. The number of amides is 3. The molecular formula is C18H24N4O4. The van der Waals surface area contributed by atoms with Crippen LogP contribution in [0, 0.1) is 0 Å². The van der Waals surface area contributed by atoms with Gasteiger partial charge in [0.05, 0.1) is 6.54 Å². The summed E-state index contributed by atoms with van der Waals surface area (Å²) in [5.74, 6) is 1.37. The second-order valence-electron chi connectivity index (χ2n) is 7.04. The smallest absolute Gasteiger partial charge is 0.321 e. The third-order valence-corrected chi connectivity index (χ3v) is 4.84. The molecule has 0 atom stereocenters. The van der Waals surface area contributed by atoms with Crippen molar-refractivity contribution in [3.63, 3.8) is 0 Å². The molecule has 4 rings (SSSR count). The molecule has 140 valence electrons. The molecular weight excluding hydrogens is 336 g/mol. The summed E-state index contributed by atoms with van der Waals surface area (Å²) < 4.78 is 10.8. The van der Waals surface area contributed by atoms with Crippen LogP contribution < -0.4 is 20.1 Å². The highest BCUT2D eigenvalue weighted by molar-refractivity contribution is 5.95. The van der Waals surface area contributed by atoms with Gasteiger partial charge < -0.3 is 14.8 Å². The first-order valence-corrected chi connectivity index (χ1v) is 9.09. The number of piperazine rings is 1. The van der Waals surface area contributed by atoms with Gasteiger partial charge >= 0.3 is 6.03 Å². The largest absolute Gasteiger partial charge is 0.454 e. The molecule has 0 unspecified atom stereocenters. The zero-order chi connectivity index (χ0) is 17.9. The van der Waals surface area contributed by atoms with Crippen molar-refractivity contribution in [1.29, 1.82) is 0 Å². The summed E-state index contributed by atoms with van der Waals surface area (Å²) in [4.78, 5) is 28.0. The Morgan fingerprint density at radius 2 is 1.77 bits per heavy atom. The fourth-order valence-electron chi connectivity index (χ4n) is 3.22. The molecule has 26 heavy (non-hydrogen) atoms. The van der Waals surface area contributed by atoms with Crippen molar-refractivity contribution in [2.24, 2.45) is 0 Å². The Bertz CT molecular complexity index is 684. The van der Waals surface area contributed by atoms with E-state index in [9.17, 15) is 9.59 Å². The third-order valence-electron chi connectivity index (χ3n) is 4.84. The van der Waals surface area contributed by atoms with Crippen LogP contribution >= 0.6 is 0 Å². The molecule has 0 spiro atoms. The summed E-state index contributed by atoms with van der Waals surface area (Å²) in [5, 5.41) is 5.16. The van der Waals surface area contributed by atoms with Gasteiger partial charge in [-0.25, -0.2) is 4.79 Å². The van der Waals surface area contributed by atoms with Crippen LogP contribution in [0.1, 0.15) is 18.4 Å². The lowest BCUT2D eigenvalue weighted by Gasteiger charge is -2.34. The Labute approximate surface area is 152 Å². The SMILES string of the molecule is O=C(CN1CCN(Cc2ccc3c(c2)OCO3)CC1)NC(=O)NC1CC1. The number of fused-ring (bicyclic) bond motifs is 1. The van der Waals surface area contributed by atoms with E-state index in [1.54, 1.807) is 0 Å². The summed E-state index contributed by atoms with van der Waals surface area (Å²) >= 11 is 0. The van der Waals surface area contributed by atoms with E-state index in [0.717, 1.165) is 57.1 Å². The molecule has 0 radical (unpaired) electrons. The predicted molar refractivity (Wildman–Crippen MR) is 94.0 cm³/mol. The minimum atomic E-state index is -0.376. The molecule has 1 aromatic rings. The van der Waals surface area contributed by atoms with Crippen molar-refractivity contribution < 1.29 is 19.1 Å². The highest BCUT2D eigenvalue weighted by atomic mass is 16.7. The fourth-order valence-corrected chi connectivity index (χ4v) is 3.22. The van der Waals surface area contributed by atoms with Crippen LogP contribution in [0.25, 0.3) is 0 Å². The summed E-state index contributed by atoms with van der Waals surface area (Å²) in [6, 6.07) is 5.92. The summed E-state index contributed by atoms with van der Waals surface area (Å²) in [7, 11) is 0. The second kappa shape index (κ2) is 7.51. The van der Waals surface area contributed by atoms with Gasteiger partial charge in [0.25, 0.3) is 0 Å². The Morgan fingerprint density at radius 3 is 2.54 bits per heavy atom. The van der Waals surface area contributed by atoms with Gasteiger partial charge in [0.2, 0.25) is 12.7 Å². The van der Waals surface area contributed by atoms with E-state index in [-0.39, 0.29) is 31.3 Å². The predicted octanol–water partition coefficient (Wildman–Crippen LogP) is 0.521. The first kappa shape index (κ1) is 17.1. The number of nitrogens with one attached hydrogen (secondary N) is 2. The normalized spacial score (nSPS) is 20.0. The molecule has 2 aliphatic heterocycles. The molecule has 2 fully saturated rings. The molecule has 3 amide bonds. The molecule has 1 aromatic carbocycles. The van der Waals surface area contributed by atoms with Gasteiger partial charge in [0.1, 0.15) is 0 Å². The molecule has 0 bridgehead atoms. The lowest BCUT2D eigenvalue weighted by molar-refractivity contribution is -0.121. The molecule has 1 saturated carbocycles. The lowest BCUT2D eigenvalue weighted by atomic mass is 10.1. The van der Waals surface area contributed by atoms with Gasteiger partial charge in [0, 0.05) is 38.8 Å². The van der Waals surface area contributed by atoms with Crippen molar-refractivity contribution in [3.8, 4) is 11.5 Å². The van der Waals surface area contributed by atoms with Gasteiger partial charge in [0.15, 0.2) is 11.5 Å². The molecule has 0 aromatic heterocycles. The van der Waals surface area contributed by atoms with E-state index < -0.39 is 0 Å². The number of urea groups is 1. The average molecular weight is 360 g/mol. The van der Waals surface area contributed by atoms with Crippen LogP contribution in [0.4, 0.5) is 4.79 Å². The van der Waals surface area contributed by atoms with Gasteiger partial charge in [-0.05, 0) is 30.5 Å². The third kappa shape index (κ3) is 4.44. The Balaban J connectivity index is 1.19. The standard InChI is InChI=1S/C18H24N4O4/c23-17(20-18(24)19-14-2-3-14)11-22-7-5-21(6-8-22)10-13-1-4-15-16(9-13)26-12-25-15/h1,4,9,14H,2-3,5-8,10-12H2,(H2,19,20,23,24). The number of carbonyl (C=O) groups excluding carboxylic acids is 2. The summed E-state index contributed by atoms with van der Waals surface area (Å²) in [6.45, 7) is 4.78. The van der Waals surface area contributed by atoms with E-state index in [0.29, 0.717) is 0 Å². The molecule has 2 heterocycles. The van der Waals surface area contributed by atoms with E-state index in [1.807, 2.05) is 12.1 Å². The topological polar surface area (TPSA) is 83.1 Å². The van der Waals surface area contributed by atoms with E-state index in [2.05, 4.69) is 26.5 Å². The fraction of sp³-hybridized carbons (Fsp3) is 0.556. The van der Waals surface area contributed by atoms with Crippen LogP contribution in [0.3, 0.4) is 0 Å². The molecule has 3 aliphatic rings. The van der Waals surface area contributed by atoms with Crippen LogP contribution in [-0.4, -0.2) is 67.3 Å². The van der Waals surface area contributed by atoms with Crippen molar-refractivity contribution in [1.82, 2.24) is 20.4 Å². The zero-order valence-electron chi connectivity index (χ0n) is 14.7. The highest BCUT2D eigenvalue weighted by Gasteiger charge is 2.25. The minimum absolute atomic E-state index is 0.243. The van der Waals surface area contributed by atoms with E-state index >= 15 is 0 Å². The van der Waals surface area contributed by atoms with Gasteiger partial charge in [-0.2, -0.15) is 0 Å². The quantitative estimate of drug-likeness (QED) is 0.797. The highest BCUT2D eigenvalue weighted by Crippen LogP contribution is 2.32. The number of ether oxygens (including phenoxy) is 2. The molecule has 1 aliphatic carbocycles. The van der Waals surface area contributed by atoms with Crippen LogP contribution in [0.15, 0.2) is 18.2 Å².